The number of aliphatic hydroxyl groups excluding tert-OH is 1. The van der Waals surface area contributed by atoms with Crippen molar-refractivity contribution in [2.24, 2.45) is 11.8 Å². The number of carbonyl (C=O) groups excluding carboxylic acids is 1. The molecule has 1 saturated carbocycles. The van der Waals surface area contributed by atoms with Gasteiger partial charge < -0.3 is 9.53 Å². The van der Waals surface area contributed by atoms with Gasteiger partial charge in [-0.2, -0.15) is 0 Å². The minimum atomic E-state index is -1.91. The summed E-state index contributed by atoms with van der Waals surface area (Å²) < 4.78 is 6.53. The van der Waals surface area contributed by atoms with Gasteiger partial charge in [-0.05, 0) is 31.5 Å². The summed E-state index contributed by atoms with van der Waals surface area (Å²) >= 11 is 0. The lowest BCUT2D eigenvalue weighted by molar-refractivity contribution is -0.121. The molecule has 0 bridgehead atoms. The van der Waals surface area contributed by atoms with Gasteiger partial charge in [0.15, 0.2) is 8.32 Å². The Morgan fingerprint density at radius 3 is 2.45 bits per heavy atom. The molecule has 126 valence electrons. The molecule has 0 amide bonds. The van der Waals surface area contributed by atoms with Crippen molar-refractivity contribution in [3.8, 4) is 0 Å². The van der Waals surface area contributed by atoms with Crippen LogP contribution in [0.15, 0.2) is 24.3 Å². The van der Waals surface area contributed by atoms with Crippen LogP contribution in [0.2, 0.25) is 18.1 Å². The van der Waals surface area contributed by atoms with Gasteiger partial charge >= 0.3 is 0 Å². The third-order valence-electron chi connectivity index (χ3n) is 5.13. The second-order valence-corrected chi connectivity index (χ2v) is 12.7. The molecule has 0 aromatic carbocycles. The number of rotatable bonds is 6. The molecule has 0 spiro atoms. The fourth-order valence-corrected chi connectivity index (χ4v) is 4.20. The van der Waals surface area contributed by atoms with Crippen molar-refractivity contribution >= 4 is 14.1 Å². The van der Waals surface area contributed by atoms with E-state index >= 15 is 0 Å². The minimum absolute atomic E-state index is 0.0164. The Labute approximate surface area is 136 Å². The summed E-state index contributed by atoms with van der Waals surface area (Å²) in [6, 6.07) is 0. The summed E-state index contributed by atoms with van der Waals surface area (Å²) in [7, 11) is -1.91. The molecule has 4 heteroatoms. The molecule has 0 aromatic heterocycles. The predicted molar refractivity (Wildman–Crippen MR) is 94.3 cm³/mol. The second kappa shape index (κ2) is 7.24. The molecular formula is C18H32O3Si. The van der Waals surface area contributed by atoms with E-state index in [1.807, 2.05) is 13.0 Å². The van der Waals surface area contributed by atoms with Crippen molar-refractivity contribution in [1.82, 2.24) is 0 Å². The summed E-state index contributed by atoms with van der Waals surface area (Å²) in [5.74, 6) is 0.291. The number of Topliss-reactive ketones (excluding diaryl/α,β-unsaturated/α-hetero) is 1. The van der Waals surface area contributed by atoms with Crippen molar-refractivity contribution in [1.29, 1.82) is 0 Å². The summed E-state index contributed by atoms with van der Waals surface area (Å²) in [5.41, 5.74) is 1.02. The predicted octanol–water partition coefficient (Wildman–Crippen LogP) is 4.10. The van der Waals surface area contributed by atoms with Crippen LogP contribution in [-0.4, -0.2) is 31.9 Å². The molecule has 22 heavy (non-hydrogen) atoms. The monoisotopic (exact) mass is 324 g/mol. The summed E-state index contributed by atoms with van der Waals surface area (Å²) in [6.45, 7) is 17.2. The van der Waals surface area contributed by atoms with Crippen molar-refractivity contribution in [2.45, 2.75) is 64.8 Å². The van der Waals surface area contributed by atoms with Crippen LogP contribution in [0.5, 0.6) is 0 Å². The van der Waals surface area contributed by atoms with Crippen LogP contribution >= 0.6 is 0 Å². The molecule has 0 unspecified atom stereocenters. The lowest BCUT2D eigenvalue weighted by atomic mass is 9.86. The first-order valence-electron chi connectivity index (χ1n) is 8.13. The molecule has 1 aliphatic rings. The van der Waals surface area contributed by atoms with E-state index in [0.29, 0.717) is 12.8 Å². The Kier molecular flexibility index (Phi) is 6.36. The van der Waals surface area contributed by atoms with E-state index < -0.39 is 8.32 Å². The zero-order valence-electron chi connectivity index (χ0n) is 15.0. The lowest BCUT2D eigenvalue weighted by Crippen LogP contribution is -2.45. The Bertz CT molecular complexity index is 446. The maximum atomic E-state index is 12.4. The fourth-order valence-electron chi connectivity index (χ4n) is 2.86. The van der Waals surface area contributed by atoms with E-state index in [-0.39, 0.29) is 35.4 Å². The van der Waals surface area contributed by atoms with Crippen LogP contribution in [0.3, 0.4) is 0 Å². The van der Waals surface area contributed by atoms with Crippen LogP contribution < -0.4 is 0 Å². The van der Waals surface area contributed by atoms with Gasteiger partial charge in [0.05, 0.1) is 12.7 Å². The van der Waals surface area contributed by atoms with Crippen LogP contribution in [0.25, 0.3) is 0 Å². The van der Waals surface area contributed by atoms with Gasteiger partial charge in [0, 0.05) is 18.3 Å². The molecule has 0 aliphatic heterocycles. The highest BCUT2D eigenvalue weighted by Gasteiger charge is 2.47. The first-order chi connectivity index (χ1) is 10.0. The molecule has 0 heterocycles. The van der Waals surface area contributed by atoms with E-state index in [4.69, 9.17) is 9.53 Å². The van der Waals surface area contributed by atoms with Gasteiger partial charge in [-0.3, -0.25) is 4.79 Å². The third kappa shape index (κ3) is 4.40. The molecule has 1 rings (SSSR count). The molecule has 0 radical (unpaired) electrons. The minimum Gasteiger partial charge on any atom is -0.413 e. The van der Waals surface area contributed by atoms with E-state index in [2.05, 4.69) is 40.4 Å². The number of hydrogen-bond donors (Lipinski definition) is 1. The molecule has 1 N–H and O–H groups in total. The zero-order chi connectivity index (χ0) is 17.1. The molecule has 1 fully saturated rings. The highest BCUT2D eigenvalue weighted by atomic mass is 28.4. The zero-order valence-corrected chi connectivity index (χ0v) is 16.0. The SMILES string of the molecule is C=C(C)[C@H]1[C@H](O[Si](C)(C)C(C)(C)C)CC(=O)[C@@H]1C/C=C\CO. The maximum absolute atomic E-state index is 12.4. The topological polar surface area (TPSA) is 46.5 Å². The average Bonchev–Trinajstić information content (AvgIpc) is 2.64. The van der Waals surface area contributed by atoms with Gasteiger partial charge in [0.1, 0.15) is 5.78 Å². The Morgan fingerprint density at radius 2 is 2.00 bits per heavy atom. The molecule has 3 atom stereocenters. The van der Waals surface area contributed by atoms with Crippen LogP contribution in [0, 0.1) is 11.8 Å². The van der Waals surface area contributed by atoms with Crippen molar-refractivity contribution < 1.29 is 14.3 Å². The van der Waals surface area contributed by atoms with Crippen molar-refractivity contribution in [3.05, 3.63) is 24.3 Å². The van der Waals surface area contributed by atoms with E-state index in [9.17, 15) is 4.79 Å². The van der Waals surface area contributed by atoms with Gasteiger partial charge in [0.2, 0.25) is 0 Å². The highest BCUT2D eigenvalue weighted by Crippen LogP contribution is 2.44. The Hall–Kier alpha value is -0.713. The van der Waals surface area contributed by atoms with Gasteiger partial charge in [0.25, 0.3) is 0 Å². The summed E-state index contributed by atoms with van der Waals surface area (Å²) in [5, 5.41) is 9.00. The van der Waals surface area contributed by atoms with Crippen LogP contribution in [-0.2, 0) is 9.22 Å². The van der Waals surface area contributed by atoms with E-state index in [1.54, 1.807) is 6.08 Å². The van der Waals surface area contributed by atoms with Crippen molar-refractivity contribution in [2.75, 3.05) is 6.61 Å². The third-order valence-corrected chi connectivity index (χ3v) is 9.64. The quantitative estimate of drug-likeness (QED) is 0.591. The Morgan fingerprint density at radius 1 is 1.41 bits per heavy atom. The molecule has 3 nitrogen and oxygen atoms in total. The molecule has 0 aromatic rings. The first-order valence-corrected chi connectivity index (χ1v) is 11.0. The Balaban J connectivity index is 2.94. The highest BCUT2D eigenvalue weighted by molar-refractivity contribution is 6.74. The molecule has 1 aliphatic carbocycles. The van der Waals surface area contributed by atoms with Crippen LogP contribution in [0.4, 0.5) is 0 Å². The van der Waals surface area contributed by atoms with E-state index in [0.717, 1.165) is 5.57 Å². The van der Waals surface area contributed by atoms with Gasteiger partial charge in [-0.25, -0.2) is 0 Å². The number of ketones is 1. The number of hydrogen-bond acceptors (Lipinski definition) is 3. The average molecular weight is 325 g/mol. The summed E-state index contributed by atoms with van der Waals surface area (Å²) in [6.07, 6.45) is 4.70. The summed E-state index contributed by atoms with van der Waals surface area (Å²) in [4.78, 5) is 12.4. The number of carbonyl (C=O) groups is 1. The standard InChI is InChI=1S/C18H32O3Si/c1-13(2)17-14(10-8-9-11-19)15(20)12-16(17)21-22(6,7)18(3,4)5/h8-9,14,16-17,19H,1,10-12H2,2-7H3/b9-8-/t14-,16+,17+/m0/s1. The van der Waals surface area contributed by atoms with Crippen molar-refractivity contribution in [3.63, 3.8) is 0 Å². The number of aliphatic hydroxyl groups is 1. The maximum Gasteiger partial charge on any atom is 0.192 e. The van der Waals surface area contributed by atoms with Gasteiger partial charge in [-0.1, -0.05) is 45.1 Å². The number of allylic oxidation sites excluding steroid dienone is 1. The van der Waals surface area contributed by atoms with Gasteiger partial charge in [-0.15, -0.1) is 0 Å². The molecule has 0 saturated heterocycles. The van der Waals surface area contributed by atoms with Crippen LogP contribution in [0.1, 0.15) is 40.5 Å². The fraction of sp³-hybridized carbons (Fsp3) is 0.722. The second-order valence-electron chi connectivity index (χ2n) is 7.96. The lowest BCUT2D eigenvalue weighted by Gasteiger charge is -2.40. The first kappa shape index (κ1) is 19.3. The largest absolute Gasteiger partial charge is 0.413 e. The smallest absolute Gasteiger partial charge is 0.192 e. The van der Waals surface area contributed by atoms with E-state index in [1.165, 1.54) is 0 Å². The molecular weight excluding hydrogens is 292 g/mol. The normalized spacial score (nSPS) is 26.9.